The van der Waals surface area contributed by atoms with E-state index in [9.17, 15) is 18.3 Å². The van der Waals surface area contributed by atoms with E-state index in [4.69, 9.17) is 10.00 Å². The van der Waals surface area contributed by atoms with Crippen LogP contribution in [0.3, 0.4) is 0 Å². The lowest BCUT2D eigenvalue weighted by Crippen LogP contribution is -2.11. The van der Waals surface area contributed by atoms with Gasteiger partial charge >= 0.3 is 6.18 Å². The Kier molecular flexibility index (Phi) is 4.68. The fourth-order valence-electron chi connectivity index (χ4n) is 1.84. The van der Waals surface area contributed by atoms with E-state index in [1.165, 1.54) is 12.1 Å². The molecular formula is C16H12F3NO2. The van der Waals surface area contributed by atoms with Crippen LogP contribution < -0.4 is 4.74 Å². The van der Waals surface area contributed by atoms with Gasteiger partial charge in [0.1, 0.15) is 24.5 Å². The fourth-order valence-corrected chi connectivity index (χ4v) is 1.84. The minimum Gasteiger partial charge on any atom is -0.489 e. The van der Waals surface area contributed by atoms with Crippen LogP contribution in [0, 0.1) is 11.3 Å². The molecule has 3 nitrogen and oxygen atoms in total. The Morgan fingerprint density at radius 3 is 2.32 bits per heavy atom. The largest absolute Gasteiger partial charge is 0.489 e. The Bertz CT molecular complexity index is 675. The number of para-hydroxylation sites is 1. The van der Waals surface area contributed by atoms with Crippen LogP contribution in [0.1, 0.15) is 22.8 Å². The lowest BCUT2D eigenvalue weighted by molar-refractivity contribution is -0.137. The van der Waals surface area contributed by atoms with E-state index in [2.05, 4.69) is 0 Å². The number of nitriles is 1. The van der Waals surface area contributed by atoms with E-state index in [0.717, 1.165) is 12.1 Å². The van der Waals surface area contributed by atoms with E-state index in [0.29, 0.717) is 16.9 Å². The number of aliphatic hydroxyl groups is 1. The van der Waals surface area contributed by atoms with Gasteiger partial charge < -0.3 is 9.84 Å². The quantitative estimate of drug-likeness (QED) is 0.937. The van der Waals surface area contributed by atoms with Crippen LogP contribution >= 0.6 is 0 Å². The zero-order valence-electron chi connectivity index (χ0n) is 11.3. The van der Waals surface area contributed by atoms with Crippen molar-refractivity contribution in [3.8, 4) is 11.8 Å². The van der Waals surface area contributed by atoms with E-state index in [1.807, 2.05) is 6.07 Å². The van der Waals surface area contributed by atoms with Crippen LogP contribution in [0.2, 0.25) is 0 Å². The normalized spacial score (nSPS) is 12.5. The monoisotopic (exact) mass is 307 g/mol. The van der Waals surface area contributed by atoms with E-state index in [-0.39, 0.29) is 6.61 Å². The molecule has 0 fully saturated rings. The van der Waals surface area contributed by atoms with Crippen molar-refractivity contribution >= 4 is 0 Å². The molecule has 0 aliphatic heterocycles. The second-order valence-corrected chi connectivity index (χ2v) is 4.55. The molecule has 0 saturated heterocycles. The molecule has 1 unspecified atom stereocenters. The molecule has 1 N–H and O–H groups in total. The van der Waals surface area contributed by atoms with Crippen molar-refractivity contribution < 1.29 is 23.0 Å². The summed E-state index contributed by atoms with van der Waals surface area (Å²) >= 11 is 0. The Balaban J connectivity index is 2.04. The highest BCUT2D eigenvalue weighted by molar-refractivity contribution is 5.42. The summed E-state index contributed by atoms with van der Waals surface area (Å²) in [6.45, 7) is -0.163. The van der Waals surface area contributed by atoms with Gasteiger partial charge in [-0.15, -0.1) is 0 Å². The maximum Gasteiger partial charge on any atom is 0.416 e. The van der Waals surface area contributed by atoms with Gasteiger partial charge in [-0.3, -0.25) is 0 Å². The van der Waals surface area contributed by atoms with E-state index in [1.54, 1.807) is 24.3 Å². The van der Waals surface area contributed by atoms with Gasteiger partial charge in [-0.2, -0.15) is 18.4 Å². The first kappa shape index (κ1) is 15.9. The van der Waals surface area contributed by atoms with Crippen LogP contribution in [-0.4, -0.2) is 11.7 Å². The number of ether oxygens (including phenoxy) is 1. The van der Waals surface area contributed by atoms with Crippen molar-refractivity contribution in [3.63, 3.8) is 0 Å². The van der Waals surface area contributed by atoms with Gasteiger partial charge in [0, 0.05) is 0 Å². The molecule has 0 saturated carbocycles. The summed E-state index contributed by atoms with van der Waals surface area (Å²) in [5.74, 6) is 0.316. The topological polar surface area (TPSA) is 53.2 Å². The number of benzene rings is 2. The third kappa shape index (κ3) is 3.77. The fraction of sp³-hybridized carbons (Fsp3) is 0.188. The molecular weight excluding hydrogens is 295 g/mol. The van der Waals surface area contributed by atoms with Crippen molar-refractivity contribution in [1.82, 2.24) is 0 Å². The lowest BCUT2D eigenvalue weighted by Gasteiger charge is -2.14. The second-order valence-electron chi connectivity index (χ2n) is 4.55. The molecule has 2 aromatic carbocycles. The molecule has 6 heteroatoms. The van der Waals surface area contributed by atoms with Crippen LogP contribution in [-0.2, 0) is 6.18 Å². The molecule has 2 rings (SSSR count). The minimum absolute atomic E-state index is 0.163. The predicted octanol–water partition coefficient (Wildman–Crippen LogP) is 3.69. The number of hydrogen-bond acceptors (Lipinski definition) is 3. The van der Waals surface area contributed by atoms with Crippen LogP contribution in [0.25, 0.3) is 0 Å². The minimum atomic E-state index is -4.41. The molecule has 0 heterocycles. The third-order valence-electron chi connectivity index (χ3n) is 3.03. The average Bonchev–Trinajstić information content (AvgIpc) is 2.52. The van der Waals surface area contributed by atoms with Gasteiger partial charge in [0.25, 0.3) is 0 Å². The summed E-state index contributed by atoms with van der Waals surface area (Å²) in [6, 6.07) is 12.7. The number of hydrogen-bond donors (Lipinski definition) is 1. The molecule has 0 aliphatic rings. The van der Waals surface area contributed by atoms with Crippen molar-refractivity contribution in [2.45, 2.75) is 12.3 Å². The van der Waals surface area contributed by atoms with Gasteiger partial charge in [-0.05, 0) is 29.8 Å². The van der Waals surface area contributed by atoms with Gasteiger partial charge in [-0.1, -0.05) is 24.3 Å². The molecule has 114 valence electrons. The second kappa shape index (κ2) is 6.50. The number of halogens is 3. The van der Waals surface area contributed by atoms with Gasteiger partial charge in [0.2, 0.25) is 0 Å². The number of aliphatic hydroxyl groups excluding tert-OH is 1. The third-order valence-corrected chi connectivity index (χ3v) is 3.03. The molecule has 0 amide bonds. The smallest absolute Gasteiger partial charge is 0.416 e. The standard InChI is InChI=1S/C16H12F3NO2/c17-16(18,19)13-7-5-11(6-8-13)14(21)10-22-15-4-2-1-3-12(15)9-20/h1-8,14,21H,10H2. The summed E-state index contributed by atoms with van der Waals surface area (Å²) in [6.07, 6.45) is -5.50. The van der Waals surface area contributed by atoms with Gasteiger partial charge in [0.05, 0.1) is 11.1 Å². The highest BCUT2D eigenvalue weighted by Crippen LogP contribution is 2.30. The van der Waals surface area contributed by atoms with Crippen LogP contribution in [0.5, 0.6) is 5.75 Å². The molecule has 0 aromatic heterocycles. The highest BCUT2D eigenvalue weighted by Gasteiger charge is 2.30. The lowest BCUT2D eigenvalue weighted by atomic mass is 10.1. The van der Waals surface area contributed by atoms with Crippen LogP contribution in [0.15, 0.2) is 48.5 Å². The first-order valence-corrected chi connectivity index (χ1v) is 6.39. The maximum absolute atomic E-state index is 12.5. The predicted molar refractivity (Wildman–Crippen MR) is 73.1 cm³/mol. The zero-order valence-corrected chi connectivity index (χ0v) is 11.3. The van der Waals surface area contributed by atoms with Crippen LogP contribution in [0.4, 0.5) is 13.2 Å². The molecule has 0 radical (unpaired) electrons. The van der Waals surface area contributed by atoms with Gasteiger partial charge in [-0.25, -0.2) is 0 Å². The van der Waals surface area contributed by atoms with Crippen molar-refractivity contribution in [1.29, 1.82) is 5.26 Å². The molecule has 1 atom stereocenters. The Morgan fingerprint density at radius 2 is 1.73 bits per heavy atom. The summed E-state index contributed by atoms with van der Waals surface area (Å²) in [4.78, 5) is 0. The summed E-state index contributed by atoms with van der Waals surface area (Å²) in [7, 11) is 0. The van der Waals surface area contributed by atoms with E-state index < -0.39 is 17.8 Å². The molecule has 22 heavy (non-hydrogen) atoms. The van der Waals surface area contributed by atoms with Crippen molar-refractivity contribution in [2.75, 3.05) is 6.61 Å². The van der Waals surface area contributed by atoms with Crippen molar-refractivity contribution in [2.24, 2.45) is 0 Å². The first-order valence-electron chi connectivity index (χ1n) is 6.39. The summed E-state index contributed by atoms with van der Waals surface area (Å²) in [5.41, 5.74) is -0.149. The zero-order chi connectivity index (χ0) is 16.2. The summed E-state index contributed by atoms with van der Waals surface area (Å²) in [5, 5.41) is 18.9. The molecule has 0 aliphatic carbocycles. The molecule has 0 spiro atoms. The Labute approximate surface area is 125 Å². The van der Waals surface area contributed by atoms with Gasteiger partial charge in [0.15, 0.2) is 0 Å². The molecule has 2 aromatic rings. The number of rotatable bonds is 4. The maximum atomic E-state index is 12.5. The molecule has 0 bridgehead atoms. The average molecular weight is 307 g/mol. The first-order chi connectivity index (χ1) is 10.4. The van der Waals surface area contributed by atoms with E-state index >= 15 is 0 Å². The highest BCUT2D eigenvalue weighted by atomic mass is 19.4. The Morgan fingerprint density at radius 1 is 1.09 bits per heavy atom. The number of nitrogens with zero attached hydrogens (tertiary/aromatic N) is 1. The van der Waals surface area contributed by atoms with Crippen molar-refractivity contribution in [3.05, 3.63) is 65.2 Å². The summed E-state index contributed by atoms with van der Waals surface area (Å²) < 4.78 is 42.7. The SMILES string of the molecule is N#Cc1ccccc1OCC(O)c1ccc(C(F)(F)F)cc1. The Hall–Kier alpha value is -2.52. The number of alkyl halides is 3.